The van der Waals surface area contributed by atoms with Crippen LogP contribution in [0.5, 0.6) is 0 Å². The van der Waals surface area contributed by atoms with Crippen LogP contribution in [0.2, 0.25) is 0 Å². The topological polar surface area (TPSA) is 54.3 Å². The normalized spacial score (nSPS) is 13.3. The van der Waals surface area contributed by atoms with Gasteiger partial charge in [-0.3, -0.25) is 4.79 Å². The maximum Gasteiger partial charge on any atom is 0.237 e. The standard InChI is InChI=1S/C17H24N2O2/c1-5-17(3,4)19-12(2)16(20)18-11-14-10-13-8-6-7-9-15(13)21-14/h6-10,12,19H,5,11H2,1-4H3,(H,18,20). The second-order valence-electron chi connectivity index (χ2n) is 6.07. The highest BCUT2D eigenvalue weighted by atomic mass is 16.3. The summed E-state index contributed by atoms with van der Waals surface area (Å²) in [6.45, 7) is 8.58. The van der Waals surface area contributed by atoms with Crippen molar-refractivity contribution in [3.63, 3.8) is 0 Å². The number of hydrogen-bond acceptors (Lipinski definition) is 3. The third-order valence-electron chi connectivity index (χ3n) is 3.80. The summed E-state index contributed by atoms with van der Waals surface area (Å²) in [6.07, 6.45) is 0.966. The van der Waals surface area contributed by atoms with Crippen LogP contribution in [0.15, 0.2) is 34.7 Å². The highest BCUT2D eigenvalue weighted by Gasteiger charge is 2.21. The van der Waals surface area contributed by atoms with E-state index < -0.39 is 0 Å². The largest absolute Gasteiger partial charge is 0.459 e. The summed E-state index contributed by atoms with van der Waals surface area (Å²) in [5, 5.41) is 7.29. The van der Waals surface area contributed by atoms with Gasteiger partial charge in [0.25, 0.3) is 0 Å². The van der Waals surface area contributed by atoms with Crippen molar-refractivity contribution in [1.29, 1.82) is 0 Å². The molecular weight excluding hydrogens is 264 g/mol. The molecule has 2 N–H and O–H groups in total. The maximum absolute atomic E-state index is 12.1. The molecule has 0 fully saturated rings. The molecule has 0 aliphatic carbocycles. The number of rotatable bonds is 6. The van der Waals surface area contributed by atoms with E-state index in [0.29, 0.717) is 6.54 Å². The smallest absolute Gasteiger partial charge is 0.237 e. The van der Waals surface area contributed by atoms with E-state index in [4.69, 9.17) is 4.42 Å². The first-order valence-corrected chi connectivity index (χ1v) is 7.44. The minimum absolute atomic E-state index is 0.0167. The first-order valence-electron chi connectivity index (χ1n) is 7.44. The zero-order valence-electron chi connectivity index (χ0n) is 13.2. The monoisotopic (exact) mass is 288 g/mol. The van der Waals surface area contributed by atoms with Gasteiger partial charge >= 0.3 is 0 Å². The summed E-state index contributed by atoms with van der Waals surface area (Å²) in [4.78, 5) is 12.1. The van der Waals surface area contributed by atoms with E-state index in [1.807, 2.05) is 37.3 Å². The van der Waals surface area contributed by atoms with Gasteiger partial charge in [0.15, 0.2) is 0 Å². The van der Waals surface area contributed by atoms with Crippen molar-refractivity contribution < 1.29 is 9.21 Å². The molecule has 0 saturated heterocycles. The van der Waals surface area contributed by atoms with E-state index in [1.165, 1.54) is 0 Å². The Balaban J connectivity index is 1.91. The SMILES string of the molecule is CCC(C)(C)NC(C)C(=O)NCc1cc2ccccc2o1. The van der Waals surface area contributed by atoms with E-state index in [0.717, 1.165) is 23.2 Å². The molecule has 0 radical (unpaired) electrons. The van der Waals surface area contributed by atoms with Crippen LogP contribution in [0.25, 0.3) is 11.0 Å². The van der Waals surface area contributed by atoms with Crippen LogP contribution in [-0.4, -0.2) is 17.5 Å². The summed E-state index contributed by atoms with van der Waals surface area (Å²) in [6, 6.07) is 9.56. The van der Waals surface area contributed by atoms with Crippen molar-refractivity contribution in [2.75, 3.05) is 0 Å². The second-order valence-corrected chi connectivity index (χ2v) is 6.07. The average Bonchev–Trinajstić information content (AvgIpc) is 2.87. The lowest BCUT2D eigenvalue weighted by atomic mass is 10.0. The number of para-hydroxylation sites is 1. The molecule has 0 aliphatic heterocycles. The minimum atomic E-state index is -0.232. The minimum Gasteiger partial charge on any atom is -0.459 e. The first-order chi connectivity index (χ1) is 9.91. The highest BCUT2D eigenvalue weighted by Crippen LogP contribution is 2.18. The number of nitrogens with one attached hydrogen (secondary N) is 2. The Morgan fingerprint density at radius 1 is 1.33 bits per heavy atom. The molecule has 0 saturated carbocycles. The Hall–Kier alpha value is -1.81. The number of fused-ring (bicyclic) bond motifs is 1. The lowest BCUT2D eigenvalue weighted by Gasteiger charge is -2.28. The van der Waals surface area contributed by atoms with Crippen LogP contribution in [0, 0.1) is 0 Å². The Morgan fingerprint density at radius 3 is 2.71 bits per heavy atom. The Kier molecular flexibility index (Phi) is 4.68. The zero-order valence-corrected chi connectivity index (χ0v) is 13.2. The fourth-order valence-electron chi connectivity index (χ4n) is 2.21. The molecule has 21 heavy (non-hydrogen) atoms. The van der Waals surface area contributed by atoms with Gasteiger partial charge in [0.1, 0.15) is 11.3 Å². The molecule has 1 heterocycles. The number of carbonyl (C=O) groups excluding carboxylic acids is 1. The molecule has 1 aromatic carbocycles. The fourth-order valence-corrected chi connectivity index (χ4v) is 2.21. The molecule has 4 heteroatoms. The van der Waals surface area contributed by atoms with Gasteiger partial charge in [-0.1, -0.05) is 25.1 Å². The Labute approximate surface area is 125 Å². The molecule has 0 spiro atoms. The van der Waals surface area contributed by atoms with Gasteiger partial charge in [-0.25, -0.2) is 0 Å². The maximum atomic E-state index is 12.1. The summed E-state index contributed by atoms with van der Waals surface area (Å²) in [5.41, 5.74) is 0.802. The van der Waals surface area contributed by atoms with Gasteiger partial charge in [-0.05, 0) is 39.3 Å². The molecule has 1 unspecified atom stereocenters. The lowest BCUT2D eigenvalue weighted by Crippen LogP contribution is -2.51. The first kappa shape index (κ1) is 15.6. The van der Waals surface area contributed by atoms with Crippen molar-refractivity contribution in [2.45, 2.75) is 52.2 Å². The van der Waals surface area contributed by atoms with Crippen molar-refractivity contribution in [2.24, 2.45) is 0 Å². The van der Waals surface area contributed by atoms with E-state index >= 15 is 0 Å². The Bertz CT molecular complexity index is 583. The summed E-state index contributed by atoms with van der Waals surface area (Å²) in [7, 11) is 0. The van der Waals surface area contributed by atoms with Gasteiger partial charge < -0.3 is 15.1 Å². The second kappa shape index (κ2) is 6.31. The number of carbonyl (C=O) groups is 1. The van der Waals surface area contributed by atoms with E-state index in [9.17, 15) is 4.79 Å². The lowest BCUT2D eigenvalue weighted by molar-refractivity contribution is -0.123. The fraction of sp³-hybridized carbons (Fsp3) is 0.471. The molecule has 1 aromatic heterocycles. The summed E-state index contributed by atoms with van der Waals surface area (Å²) >= 11 is 0. The molecule has 0 aliphatic rings. The van der Waals surface area contributed by atoms with Crippen LogP contribution in [0.1, 0.15) is 39.9 Å². The highest BCUT2D eigenvalue weighted by molar-refractivity contribution is 5.81. The van der Waals surface area contributed by atoms with Crippen molar-refractivity contribution in [3.05, 3.63) is 36.1 Å². The molecular formula is C17H24N2O2. The van der Waals surface area contributed by atoms with E-state index in [-0.39, 0.29) is 17.5 Å². The van der Waals surface area contributed by atoms with Crippen molar-refractivity contribution >= 4 is 16.9 Å². The quantitative estimate of drug-likeness (QED) is 0.858. The number of hydrogen-bond donors (Lipinski definition) is 2. The van der Waals surface area contributed by atoms with Crippen LogP contribution in [0.4, 0.5) is 0 Å². The predicted octanol–water partition coefficient (Wildman–Crippen LogP) is 3.22. The van der Waals surface area contributed by atoms with Gasteiger partial charge in [-0.15, -0.1) is 0 Å². The van der Waals surface area contributed by atoms with E-state index in [2.05, 4.69) is 31.4 Å². The molecule has 1 amide bonds. The van der Waals surface area contributed by atoms with Crippen LogP contribution < -0.4 is 10.6 Å². The van der Waals surface area contributed by atoms with Crippen LogP contribution in [-0.2, 0) is 11.3 Å². The van der Waals surface area contributed by atoms with Crippen LogP contribution >= 0.6 is 0 Å². The molecule has 0 bridgehead atoms. The summed E-state index contributed by atoms with van der Waals surface area (Å²) in [5.74, 6) is 0.753. The predicted molar refractivity (Wildman–Crippen MR) is 85.0 cm³/mol. The third kappa shape index (κ3) is 4.08. The van der Waals surface area contributed by atoms with Crippen molar-refractivity contribution in [1.82, 2.24) is 10.6 Å². The van der Waals surface area contributed by atoms with Crippen LogP contribution in [0.3, 0.4) is 0 Å². The summed E-state index contributed by atoms with van der Waals surface area (Å²) < 4.78 is 5.69. The van der Waals surface area contributed by atoms with Gasteiger partial charge in [0, 0.05) is 10.9 Å². The zero-order chi connectivity index (χ0) is 15.5. The van der Waals surface area contributed by atoms with Crippen molar-refractivity contribution in [3.8, 4) is 0 Å². The Morgan fingerprint density at radius 2 is 2.05 bits per heavy atom. The van der Waals surface area contributed by atoms with Gasteiger partial charge in [-0.2, -0.15) is 0 Å². The van der Waals surface area contributed by atoms with Gasteiger partial charge in [0.2, 0.25) is 5.91 Å². The van der Waals surface area contributed by atoms with Gasteiger partial charge in [0.05, 0.1) is 12.6 Å². The number of amides is 1. The average molecular weight is 288 g/mol. The molecule has 2 aromatic rings. The molecule has 2 rings (SSSR count). The molecule has 4 nitrogen and oxygen atoms in total. The number of benzene rings is 1. The number of furan rings is 1. The van der Waals surface area contributed by atoms with E-state index in [1.54, 1.807) is 0 Å². The molecule has 114 valence electrons. The molecule has 1 atom stereocenters. The third-order valence-corrected chi connectivity index (χ3v) is 3.80.